The Morgan fingerprint density at radius 2 is 1.73 bits per heavy atom. The van der Waals surface area contributed by atoms with Gasteiger partial charge in [0.2, 0.25) is 0 Å². The Labute approximate surface area is 169 Å². The Kier molecular flexibility index (Phi) is 6.38. The van der Waals surface area contributed by atoms with E-state index in [4.69, 9.17) is 34.8 Å². The van der Waals surface area contributed by atoms with Crippen molar-refractivity contribution in [1.29, 1.82) is 0 Å². The van der Waals surface area contributed by atoms with E-state index >= 15 is 0 Å². The zero-order chi connectivity index (χ0) is 18.5. The van der Waals surface area contributed by atoms with E-state index in [1.807, 2.05) is 30.3 Å². The standard InChI is InChI=1S/C18H12Cl3N3OS/c19-14-7-6-11(8-15(14)20)10-22-17(25)13-9-16(21)23-24-18(13)26-12-4-2-1-3-5-12/h1-9H,10H2,(H,22,25). The van der Waals surface area contributed by atoms with Crippen molar-refractivity contribution in [2.45, 2.75) is 16.5 Å². The van der Waals surface area contributed by atoms with Gasteiger partial charge in [0, 0.05) is 11.4 Å². The predicted molar refractivity (Wildman–Crippen MR) is 105 cm³/mol. The molecule has 1 N–H and O–H groups in total. The third-order valence-electron chi connectivity index (χ3n) is 3.37. The van der Waals surface area contributed by atoms with Gasteiger partial charge in [-0.3, -0.25) is 4.79 Å². The van der Waals surface area contributed by atoms with E-state index < -0.39 is 0 Å². The molecule has 0 spiro atoms. The molecule has 0 bridgehead atoms. The van der Waals surface area contributed by atoms with Crippen LogP contribution in [0.5, 0.6) is 0 Å². The molecule has 4 nitrogen and oxygen atoms in total. The second-order valence-electron chi connectivity index (χ2n) is 5.23. The van der Waals surface area contributed by atoms with Crippen molar-refractivity contribution < 1.29 is 4.79 Å². The van der Waals surface area contributed by atoms with Gasteiger partial charge in [-0.1, -0.05) is 70.8 Å². The van der Waals surface area contributed by atoms with Crippen LogP contribution in [0.4, 0.5) is 0 Å². The average molecular weight is 425 g/mol. The summed E-state index contributed by atoms with van der Waals surface area (Å²) in [6.07, 6.45) is 0. The zero-order valence-electron chi connectivity index (χ0n) is 13.2. The van der Waals surface area contributed by atoms with Gasteiger partial charge >= 0.3 is 0 Å². The average Bonchev–Trinajstić information content (AvgIpc) is 2.65. The van der Waals surface area contributed by atoms with E-state index in [0.29, 0.717) is 27.2 Å². The predicted octanol–water partition coefficient (Wildman–Crippen LogP) is 5.52. The Hall–Kier alpha value is -1.79. The largest absolute Gasteiger partial charge is 0.348 e. The zero-order valence-corrected chi connectivity index (χ0v) is 16.3. The van der Waals surface area contributed by atoms with Crippen LogP contribution in [0.3, 0.4) is 0 Å². The molecule has 1 aromatic heterocycles. The van der Waals surface area contributed by atoms with Gasteiger partial charge in [0.05, 0.1) is 15.6 Å². The Morgan fingerprint density at radius 3 is 2.46 bits per heavy atom. The summed E-state index contributed by atoms with van der Waals surface area (Å²) in [6, 6.07) is 16.3. The smallest absolute Gasteiger partial charge is 0.254 e. The highest BCUT2D eigenvalue weighted by Gasteiger charge is 2.16. The van der Waals surface area contributed by atoms with Gasteiger partial charge in [0.1, 0.15) is 5.03 Å². The normalized spacial score (nSPS) is 10.6. The molecule has 3 aromatic rings. The van der Waals surface area contributed by atoms with E-state index in [2.05, 4.69) is 15.5 Å². The molecule has 0 fully saturated rings. The first-order valence-electron chi connectivity index (χ1n) is 7.51. The molecule has 0 saturated carbocycles. The second-order valence-corrected chi connectivity index (χ2v) is 7.50. The number of amides is 1. The summed E-state index contributed by atoms with van der Waals surface area (Å²) in [6.45, 7) is 0.297. The lowest BCUT2D eigenvalue weighted by atomic mass is 10.2. The molecule has 3 rings (SSSR count). The van der Waals surface area contributed by atoms with E-state index in [9.17, 15) is 4.79 Å². The van der Waals surface area contributed by atoms with Gasteiger partial charge in [-0.05, 0) is 35.9 Å². The number of rotatable bonds is 5. The van der Waals surface area contributed by atoms with Crippen molar-refractivity contribution in [1.82, 2.24) is 15.5 Å². The minimum absolute atomic E-state index is 0.155. The topological polar surface area (TPSA) is 54.9 Å². The van der Waals surface area contributed by atoms with E-state index in [1.54, 1.807) is 18.2 Å². The Morgan fingerprint density at radius 1 is 0.962 bits per heavy atom. The molecule has 1 heterocycles. The molecular formula is C18H12Cl3N3OS. The molecule has 0 aliphatic rings. The van der Waals surface area contributed by atoms with Gasteiger partial charge in [-0.25, -0.2) is 0 Å². The molecule has 2 aromatic carbocycles. The van der Waals surface area contributed by atoms with Crippen LogP contribution < -0.4 is 5.32 Å². The Bertz CT molecular complexity index is 938. The van der Waals surface area contributed by atoms with Crippen LogP contribution in [0.2, 0.25) is 15.2 Å². The molecule has 0 saturated heterocycles. The van der Waals surface area contributed by atoms with Crippen LogP contribution in [0.1, 0.15) is 15.9 Å². The summed E-state index contributed by atoms with van der Waals surface area (Å²) in [4.78, 5) is 13.6. The third kappa shape index (κ3) is 4.89. The summed E-state index contributed by atoms with van der Waals surface area (Å²) < 4.78 is 0. The number of aromatic nitrogens is 2. The number of nitrogens with one attached hydrogen (secondary N) is 1. The van der Waals surface area contributed by atoms with Crippen LogP contribution >= 0.6 is 46.6 Å². The van der Waals surface area contributed by atoms with E-state index in [1.165, 1.54) is 17.8 Å². The molecule has 0 atom stereocenters. The van der Waals surface area contributed by atoms with E-state index in [0.717, 1.165) is 10.5 Å². The third-order valence-corrected chi connectivity index (χ3v) is 5.30. The summed E-state index contributed by atoms with van der Waals surface area (Å²) in [7, 11) is 0. The van der Waals surface area contributed by atoms with Gasteiger partial charge in [-0.2, -0.15) is 0 Å². The van der Waals surface area contributed by atoms with E-state index in [-0.39, 0.29) is 11.1 Å². The maximum absolute atomic E-state index is 12.6. The van der Waals surface area contributed by atoms with Crippen LogP contribution in [-0.2, 0) is 6.54 Å². The lowest BCUT2D eigenvalue weighted by molar-refractivity contribution is 0.0947. The molecule has 0 radical (unpaired) electrons. The minimum atomic E-state index is -0.300. The molecule has 0 unspecified atom stereocenters. The highest BCUT2D eigenvalue weighted by atomic mass is 35.5. The quantitative estimate of drug-likeness (QED) is 0.586. The van der Waals surface area contributed by atoms with Gasteiger partial charge < -0.3 is 5.32 Å². The lowest BCUT2D eigenvalue weighted by Crippen LogP contribution is -2.24. The van der Waals surface area contributed by atoms with Crippen molar-refractivity contribution in [2.24, 2.45) is 0 Å². The lowest BCUT2D eigenvalue weighted by Gasteiger charge is -2.09. The van der Waals surface area contributed by atoms with Crippen LogP contribution in [0.15, 0.2) is 64.5 Å². The van der Waals surface area contributed by atoms with Crippen LogP contribution in [0.25, 0.3) is 0 Å². The van der Waals surface area contributed by atoms with Crippen molar-refractivity contribution in [2.75, 3.05) is 0 Å². The molecule has 1 amide bonds. The van der Waals surface area contributed by atoms with Crippen molar-refractivity contribution in [3.63, 3.8) is 0 Å². The number of hydrogen-bond donors (Lipinski definition) is 1. The summed E-state index contributed by atoms with van der Waals surface area (Å²) in [5.41, 5.74) is 1.19. The molecule has 0 aliphatic carbocycles. The highest BCUT2D eigenvalue weighted by molar-refractivity contribution is 7.99. The van der Waals surface area contributed by atoms with Gasteiger partial charge in [-0.15, -0.1) is 10.2 Å². The molecular weight excluding hydrogens is 413 g/mol. The molecule has 26 heavy (non-hydrogen) atoms. The number of nitrogens with zero attached hydrogens (tertiary/aromatic N) is 2. The minimum Gasteiger partial charge on any atom is -0.348 e. The first-order chi connectivity index (χ1) is 12.5. The second kappa shape index (κ2) is 8.73. The first-order valence-corrected chi connectivity index (χ1v) is 9.46. The molecule has 8 heteroatoms. The van der Waals surface area contributed by atoms with Crippen LogP contribution in [0, 0.1) is 0 Å². The Balaban J connectivity index is 1.77. The van der Waals surface area contributed by atoms with Crippen molar-refractivity contribution >= 4 is 52.5 Å². The van der Waals surface area contributed by atoms with Crippen molar-refractivity contribution in [3.8, 4) is 0 Å². The van der Waals surface area contributed by atoms with Crippen molar-refractivity contribution in [3.05, 3.63) is 80.9 Å². The fourth-order valence-corrected chi connectivity index (χ4v) is 3.45. The molecule has 0 aliphatic heterocycles. The number of carbonyl (C=O) groups excluding carboxylic acids is 1. The highest BCUT2D eigenvalue weighted by Crippen LogP contribution is 2.29. The number of benzene rings is 2. The number of halogens is 3. The fourth-order valence-electron chi connectivity index (χ4n) is 2.12. The number of carbonyl (C=O) groups is 1. The monoisotopic (exact) mass is 423 g/mol. The SMILES string of the molecule is O=C(NCc1ccc(Cl)c(Cl)c1)c1cc(Cl)nnc1Sc1ccccc1. The summed E-state index contributed by atoms with van der Waals surface area (Å²) >= 11 is 19.2. The van der Waals surface area contributed by atoms with Gasteiger partial charge in [0.15, 0.2) is 5.15 Å². The molecule has 132 valence electrons. The first kappa shape index (κ1) is 19.0. The van der Waals surface area contributed by atoms with Gasteiger partial charge in [0.25, 0.3) is 5.91 Å². The fraction of sp³-hybridized carbons (Fsp3) is 0.0556. The maximum atomic E-state index is 12.6. The summed E-state index contributed by atoms with van der Waals surface area (Å²) in [5.74, 6) is -0.300. The number of hydrogen-bond acceptors (Lipinski definition) is 4. The van der Waals surface area contributed by atoms with Crippen LogP contribution in [-0.4, -0.2) is 16.1 Å². The summed E-state index contributed by atoms with van der Waals surface area (Å²) in [5, 5.41) is 12.3. The maximum Gasteiger partial charge on any atom is 0.254 e.